The fourth-order valence-corrected chi connectivity index (χ4v) is 3.04. The molecule has 82 valence electrons. The van der Waals surface area contributed by atoms with E-state index >= 15 is 0 Å². The summed E-state index contributed by atoms with van der Waals surface area (Å²) < 4.78 is 21.8. The van der Waals surface area contributed by atoms with E-state index < -0.39 is 9.84 Å². The first kappa shape index (κ1) is 10.9. The van der Waals surface area contributed by atoms with Crippen molar-refractivity contribution in [1.82, 2.24) is 10.3 Å². The van der Waals surface area contributed by atoms with Crippen LogP contribution in [0, 0.1) is 0 Å². The van der Waals surface area contributed by atoms with Gasteiger partial charge in [-0.25, -0.2) is 13.4 Å². The van der Waals surface area contributed by atoms with Gasteiger partial charge in [-0.2, -0.15) is 0 Å². The largest absolute Gasteiger partial charge is 0.308 e. The predicted molar refractivity (Wildman–Crippen MR) is 58.5 cm³/mol. The number of sulfone groups is 1. The lowest BCUT2D eigenvalue weighted by Gasteiger charge is -2.26. The van der Waals surface area contributed by atoms with E-state index in [0.717, 1.165) is 5.56 Å². The van der Waals surface area contributed by atoms with Gasteiger partial charge < -0.3 is 5.32 Å². The maximum atomic E-state index is 10.9. The maximum absolute atomic E-state index is 10.9. The summed E-state index contributed by atoms with van der Waals surface area (Å²) >= 11 is 5.86. The first-order valence-corrected chi connectivity index (χ1v) is 6.80. The van der Waals surface area contributed by atoms with E-state index in [1.165, 1.54) is 0 Å². The number of nitrogens with one attached hydrogen (secondary N) is 1. The average Bonchev–Trinajstić information content (AvgIpc) is 2.13. The van der Waals surface area contributed by atoms with Gasteiger partial charge in [-0.3, -0.25) is 0 Å². The average molecular weight is 247 g/mol. The molecule has 1 aromatic rings. The van der Waals surface area contributed by atoms with Crippen molar-refractivity contribution >= 4 is 21.4 Å². The molecule has 1 fully saturated rings. The lowest BCUT2D eigenvalue weighted by molar-refractivity contribution is 0.511. The second-order valence-corrected chi connectivity index (χ2v) is 6.12. The quantitative estimate of drug-likeness (QED) is 0.795. The summed E-state index contributed by atoms with van der Waals surface area (Å²) in [6.07, 6.45) is 1.62. The van der Waals surface area contributed by atoms with Crippen molar-refractivity contribution in [2.24, 2.45) is 0 Å². The molecule has 1 N–H and O–H groups in total. The van der Waals surface area contributed by atoms with Crippen molar-refractivity contribution < 1.29 is 8.42 Å². The van der Waals surface area contributed by atoms with Crippen LogP contribution in [0.25, 0.3) is 0 Å². The predicted octanol–water partition coefficient (Wildman–Crippen LogP) is 0.622. The van der Waals surface area contributed by atoms with Crippen LogP contribution in [0.1, 0.15) is 5.56 Å². The molecule has 6 heteroatoms. The summed E-state index contributed by atoms with van der Waals surface area (Å²) in [7, 11) is -2.76. The molecule has 2 rings (SSSR count). The molecule has 2 heterocycles. The Kier molecular flexibility index (Phi) is 2.95. The lowest BCUT2D eigenvalue weighted by atomic mass is 10.2. The Labute approximate surface area is 93.6 Å². The molecule has 0 atom stereocenters. The van der Waals surface area contributed by atoms with Crippen LogP contribution in [-0.2, 0) is 16.4 Å². The number of rotatable bonds is 3. The van der Waals surface area contributed by atoms with E-state index in [4.69, 9.17) is 11.6 Å². The molecular weight excluding hydrogens is 236 g/mol. The highest BCUT2D eigenvalue weighted by Crippen LogP contribution is 2.14. The number of hydrogen-bond acceptors (Lipinski definition) is 4. The fourth-order valence-electron chi connectivity index (χ4n) is 1.49. The summed E-state index contributed by atoms with van der Waals surface area (Å²) in [5.74, 6) is 0.454. The number of halogens is 1. The van der Waals surface area contributed by atoms with E-state index in [0.29, 0.717) is 11.7 Å². The zero-order valence-electron chi connectivity index (χ0n) is 7.98. The van der Waals surface area contributed by atoms with Gasteiger partial charge in [0.2, 0.25) is 0 Å². The summed E-state index contributed by atoms with van der Waals surface area (Å²) in [6.45, 7) is 0.562. The van der Waals surface area contributed by atoms with Crippen LogP contribution < -0.4 is 5.32 Å². The van der Waals surface area contributed by atoms with Gasteiger partial charge in [0.15, 0.2) is 9.84 Å². The Morgan fingerprint density at radius 1 is 1.53 bits per heavy atom. The summed E-state index contributed by atoms with van der Waals surface area (Å²) in [4.78, 5) is 3.94. The number of pyridine rings is 1. The smallest absolute Gasteiger partial charge is 0.153 e. The van der Waals surface area contributed by atoms with Crippen molar-refractivity contribution in [3.05, 3.63) is 29.0 Å². The summed E-state index contributed by atoms with van der Waals surface area (Å²) in [6, 6.07) is 3.74. The Balaban J connectivity index is 1.87. The van der Waals surface area contributed by atoms with Gasteiger partial charge in [-0.1, -0.05) is 17.7 Å². The van der Waals surface area contributed by atoms with E-state index in [-0.39, 0.29) is 17.5 Å². The standard InChI is InChI=1S/C9H11ClN2O2S/c10-9-7(2-1-3-11-9)4-12-8-5-15(13,14)6-8/h1-3,8,12H,4-6H2. The zero-order valence-corrected chi connectivity index (χ0v) is 9.55. The van der Waals surface area contributed by atoms with Crippen molar-refractivity contribution in [1.29, 1.82) is 0 Å². The Bertz CT molecular complexity index is 449. The van der Waals surface area contributed by atoms with Gasteiger partial charge in [0.05, 0.1) is 11.5 Å². The third-order valence-corrected chi connectivity index (χ3v) is 4.49. The van der Waals surface area contributed by atoms with Gasteiger partial charge >= 0.3 is 0 Å². The highest BCUT2D eigenvalue weighted by molar-refractivity contribution is 7.92. The molecule has 1 aliphatic heterocycles. The second kappa shape index (κ2) is 4.08. The molecule has 15 heavy (non-hydrogen) atoms. The molecule has 1 aromatic heterocycles. The Morgan fingerprint density at radius 3 is 2.87 bits per heavy atom. The minimum Gasteiger partial charge on any atom is -0.308 e. The van der Waals surface area contributed by atoms with Gasteiger partial charge in [0.1, 0.15) is 5.15 Å². The molecule has 0 radical (unpaired) electrons. The molecule has 1 aliphatic rings. The van der Waals surface area contributed by atoms with Crippen LogP contribution >= 0.6 is 11.6 Å². The highest BCUT2D eigenvalue weighted by Gasteiger charge is 2.32. The van der Waals surface area contributed by atoms with Gasteiger partial charge in [0.25, 0.3) is 0 Å². The van der Waals surface area contributed by atoms with Gasteiger partial charge in [-0.15, -0.1) is 0 Å². The van der Waals surface area contributed by atoms with Crippen LogP contribution in [-0.4, -0.2) is 30.9 Å². The first-order valence-electron chi connectivity index (χ1n) is 4.60. The minimum atomic E-state index is -2.76. The van der Waals surface area contributed by atoms with Crippen molar-refractivity contribution in [2.75, 3.05) is 11.5 Å². The van der Waals surface area contributed by atoms with Gasteiger partial charge in [0, 0.05) is 24.3 Å². The van der Waals surface area contributed by atoms with Crippen LogP contribution in [0.3, 0.4) is 0 Å². The number of nitrogens with zero attached hydrogens (tertiary/aromatic N) is 1. The normalized spacial score (nSPS) is 19.8. The zero-order chi connectivity index (χ0) is 10.9. The molecule has 4 nitrogen and oxygen atoms in total. The van der Waals surface area contributed by atoms with Gasteiger partial charge in [-0.05, 0) is 6.07 Å². The van der Waals surface area contributed by atoms with E-state index in [1.54, 1.807) is 12.3 Å². The molecule has 0 bridgehead atoms. The topological polar surface area (TPSA) is 59.1 Å². The fraction of sp³-hybridized carbons (Fsp3) is 0.444. The van der Waals surface area contributed by atoms with Crippen LogP contribution in [0.4, 0.5) is 0 Å². The Morgan fingerprint density at radius 2 is 2.27 bits per heavy atom. The van der Waals surface area contributed by atoms with Crippen LogP contribution in [0.5, 0.6) is 0 Å². The molecule has 0 aliphatic carbocycles. The van der Waals surface area contributed by atoms with Crippen molar-refractivity contribution in [3.8, 4) is 0 Å². The van der Waals surface area contributed by atoms with Crippen LogP contribution in [0.2, 0.25) is 5.15 Å². The minimum absolute atomic E-state index is 0.0614. The van der Waals surface area contributed by atoms with E-state index in [9.17, 15) is 8.42 Å². The molecule has 0 unspecified atom stereocenters. The second-order valence-electron chi connectivity index (χ2n) is 3.61. The SMILES string of the molecule is O=S1(=O)CC(NCc2cccnc2Cl)C1. The third-order valence-electron chi connectivity index (χ3n) is 2.33. The van der Waals surface area contributed by atoms with E-state index in [2.05, 4.69) is 10.3 Å². The summed E-state index contributed by atoms with van der Waals surface area (Å²) in [5, 5.41) is 3.59. The summed E-state index contributed by atoms with van der Waals surface area (Å²) in [5.41, 5.74) is 0.892. The molecule has 0 amide bonds. The molecule has 0 spiro atoms. The maximum Gasteiger partial charge on any atom is 0.153 e. The lowest BCUT2D eigenvalue weighted by Crippen LogP contribution is -2.50. The van der Waals surface area contributed by atoms with Crippen molar-refractivity contribution in [3.63, 3.8) is 0 Å². The molecule has 1 saturated heterocycles. The molecule has 0 aromatic carbocycles. The van der Waals surface area contributed by atoms with Crippen LogP contribution in [0.15, 0.2) is 18.3 Å². The highest BCUT2D eigenvalue weighted by atomic mass is 35.5. The van der Waals surface area contributed by atoms with Crippen molar-refractivity contribution in [2.45, 2.75) is 12.6 Å². The number of aromatic nitrogens is 1. The third kappa shape index (κ3) is 2.68. The van der Waals surface area contributed by atoms with E-state index in [1.807, 2.05) is 6.07 Å². The monoisotopic (exact) mass is 246 g/mol. The molecule has 0 saturated carbocycles. The first-order chi connectivity index (χ1) is 7.07. The number of hydrogen-bond donors (Lipinski definition) is 1. The Hall–Kier alpha value is -0.650. The molecular formula is C9H11ClN2O2S.